The third-order valence-corrected chi connectivity index (χ3v) is 4.89. The van der Waals surface area contributed by atoms with Crippen LogP contribution in [0, 0.1) is 0 Å². The molecule has 28 heavy (non-hydrogen) atoms. The highest BCUT2D eigenvalue weighted by molar-refractivity contribution is 6.31. The van der Waals surface area contributed by atoms with E-state index in [4.69, 9.17) is 30.5 Å². The Kier molecular flexibility index (Phi) is 6.46. The number of rotatable bonds is 6. The molecule has 1 fully saturated rings. The van der Waals surface area contributed by atoms with Crippen LogP contribution >= 0.6 is 11.6 Å². The van der Waals surface area contributed by atoms with Crippen LogP contribution < -0.4 is 18.9 Å². The predicted octanol–water partition coefficient (Wildman–Crippen LogP) is 3.44. The number of likely N-dealkylation sites (tertiary alicyclic amines) is 1. The number of piperidine rings is 1. The molecule has 1 amide bonds. The SMILES string of the molecule is COc1cc(C(=O)N2CCCC(Oc3ccncc3Cl)C2)cc(OC)c1OC. The number of pyridine rings is 1. The smallest absolute Gasteiger partial charge is 0.254 e. The van der Waals surface area contributed by atoms with Gasteiger partial charge in [0.25, 0.3) is 5.91 Å². The number of halogens is 1. The molecule has 2 heterocycles. The number of carbonyl (C=O) groups excluding carboxylic acids is 1. The first kappa shape index (κ1) is 20.1. The first-order valence-electron chi connectivity index (χ1n) is 8.92. The van der Waals surface area contributed by atoms with E-state index in [9.17, 15) is 4.79 Å². The lowest BCUT2D eigenvalue weighted by atomic mass is 10.1. The van der Waals surface area contributed by atoms with Gasteiger partial charge in [-0.3, -0.25) is 9.78 Å². The van der Waals surface area contributed by atoms with E-state index < -0.39 is 0 Å². The Hall–Kier alpha value is -2.67. The van der Waals surface area contributed by atoms with Crippen molar-refractivity contribution in [3.63, 3.8) is 0 Å². The summed E-state index contributed by atoms with van der Waals surface area (Å²) in [5.41, 5.74) is 0.470. The topological polar surface area (TPSA) is 70.1 Å². The number of aromatic nitrogens is 1. The van der Waals surface area contributed by atoms with Crippen LogP contribution in [0.25, 0.3) is 0 Å². The molecule has 0 radical (unpaired) electrons. The summed E-state index contributed by atoms with van der Waals surface area (Å²) in [5.74, 6) is 1.79. The van der Waals surface area contributed by atoms with Gasteiger partial charge in [0.15, 0.2) is 11.5 Å². The van der Waals surface area contributed by atoms with E-state index in [1.165, 1.54) is 21.3 Å². The summed E-state index contributed by atoms with van der Waals surface area (Å²) in [6.07, 6.45) is 4.71. The third kappa shape index (κ3) is 4.25. The normalized spacial score (nSPS) is 16.4. The minimum atomic E-state index is -0.139. The van der Waals surface area contributed by atoms with Gasteiger partial charge in [0, 0.05) is 30.6 Å². The van der Waals surface area contributed by atoms with Crippen LogP contribution in [0.15, 0.2) is 30.6 Å². The summed E-state index contributed by atoms with van der Waals surface area (Å²) in [7, 11) is 4.57. The van der Waals surface area contributed by atoms with Crippen LogP contribution in [0.1, 0.15) is 23.2 Å². The standard InChI is InChI=1S/C20H23ClN2O5/c1-25-17-9-13(10-18(26-2)19(17)27-3)20(24)23-8-4-5-14(12-23)28-16-6-7-22-11-15(16)21/h6-7,9-11,14H,4-5,8,12H2,1-3H3. The minimum Gasteiger partial charge on any atom is -0.493 e. The van der Waals surface area contributed by atoms with Crippen LogP contribution in [-0.4, -0.2) is 56.3 Å². The van der Waals surface area contributed by atoms with Crippen LogP contribution in [0.5, 0.6) is 23.0 Å². The second kappa shape index (κ2) is 9.01. The summed E-state index contributed by atoms with van der Waals surface area (Å²) in [5, 5.41) is 0.454. The zero-order valence-electron chi connectivity index (χ0n) is 16.1. The largest absolute Gasteiger partial charge is 0.493 e. The van der Waals surface area contributed by atoms with Crippen molar-refractivity contribution >= 4 is 17.5 Å². The van der Waals surface area contributed by atoms with Crippen molar-refractivity contribution in [2.24, 2.45) is 0 Å². The first-order valence-corrected chi connectivity index (χ1v) is 9.30. The lowest BCUT2D eigenvalue weighted by Crippen LogP contribution is -2.44. The van der Waals surface area contributed by atoms with Crippen LogP contribution in [0.2, 0.25) is 5.02 Å². The molecule has 1 aromatic heterocycles. The van der Waals surface area contributed by atoms with Crippen molar-refractivity contribution in [2.75, 3.05) is 34.4 Å². The lowest BCUT2D eigenvalue weighted by molar-refractivity contribution is 0.0537. The van der Waals surface area contributed by atoms with Gasteiger partial charge in [-0.05, 0) is 25.0 Å². The Morgan fingerprint density at radius 2 is 1.86 bits per heavy atom. The molecule has 0 N–H and O–H groups in total. The van der Waals surface area contributed by atoms with E-state index in [1.54, 1.807) is 35.5 Å². The second-order valence-electron chi connectivity index (χ2n) is 6.35. The molecule has 2 aromatic rings. The molecule has 0 aliphatic carbocycles. The van der Waals surface area contributed by atoms with E-state index in [1.807, 2.05) is 0 Å². The van der Waals surface area contributed by atoms with Gasteiger partial charge in [0.2, 0.25) is 5.75 Å². The van der Waals surface area contributed by atoms with Gasteiger partial charge in [-0.15, -0.1) is 0 Å². The molecule has 1 unspecified atom stereocenters. The maximum atomic E-state index is 13.1. The van der Waals surface area contributed by atoms with E-state index >= 15 is 0 Å². The summed E-state index contributed by atoms with van der Waals surface area (Å²) in [6.45, 7) is 1.12. The van der Waals surface area contributed by atoms with Gasteiger partial charge in [-0.1, -0.05) is 11.6 Å². The summed E-state index contributed by atoms with van der Waals surface area (Å²) in [4.78, 5) is 18.8. The average molecular weight is 407 g/mol. The highest BCUT2D eigenvalue weighted by atomic mass is 35.5. The predicted molar refractivity (Wildman–Crippen MR) is 105 cm³/mol. The second-order valence-corrected chi connectivity index (χ2v) is 6.76. The van der Waals surface area contributed by atoms with Gasteiger partial charge in [0.05, 0.1) is 27.9 Å². The molecule has 0 bridgehead atoms. The molecule has 150 valence electrons. The Labute approximate surface area is 169 Å². The van der Waals surface area contributed by atoms with E-state index in [2.05, 4.69) is 4.98 Å². The average Bonchev–Trinajstić information content (AvgIpc) is 2.73. The Morgan fingerprint density at radius 3 is 2.46 bits per heavy atom. The number of methoxy groups -OCH3 is 3. The Bertz CT molecular complexity index is 820. The molecule has 1 saturated heterocycles. The number of hydrogen-bond acceptors (Lipinski definition) is 6. The molecule has 1 atom stereocenters. The van der Waals surface area contributed by atoms with E-state index in [0.29, 0.717) is 46.7 Å². The molecular weight excluding hydrogens is 384 g/mol. The summed E-state index contributed by atoms with van der Waals surface area (Å²) >= 11 is 6.13. The summed E-state index contributed by atoms with van der Waals surface area (Å²) in [6, 6.07) is 5.05. The molecule has 1 aliphatic heterocycles. The molecule has 0 spiro atoms. The highest BCUT2D eigenvalue weighted by Crippen LogP contribution is 2.38. The van der Waals surface area contributed by atoms with Gasteiger partial charge in [-0.2, -0.15) is 0 Å². The number of amides is 1. The van der Waals surface area contributed by atoms with Crippen molar-refractivity contribution in [3.8, 4) is 23.0 Å². The number of hydrogen-bond donors (Lipinski definition) is 0. The van der Waals surface area contributed by atoms with Crippen LogP contribution in [0.3, 0.4) is 0 Å². The van der Waals surface area contributed by atoms with Gasteiger partial charge >= 0.3 is 0 Å². The maximum Gasteiger partial charge on any atom is 0.254 e. The lowest BCUT2D eigenvalue weighted by Gasteiger charge is -2.33. The molecule has 7 nitrogen and oxygen atoms in total. The van der Waals surface area contributed by atoms with Gasteiger partial charge in [-0.25, -0.2) is 0 Å². The first-order chi connectivity index (χ1) is 13.6. The molecule has 8 heteroatoms. The molecular formula is C20H23ClN2O5. The third-order valence-electron chi connectivity index (χ3n) is 4.61. The van der Waals surface area contributed by atoms with Crippen molar-refractivity contribution < 1.29 is 23.7 Å². The summed E-state index contributed by atoms with van der Waals surface area (Å²) < 4.78 is 22.0. The molecule has 1 aromatic carbocycles. The number of ether oxygens (including phenoxy) is 4. The molecule has 3 rings (SSSR count). The fraction of sp³-hybridized carbons (Fsp3) is 0.400. The number of nitrogens with zero attached hydrogens (tertiary/aromatic N) is 2. The Balaban J connectivity index is 1.78. The van der Waals surface area contributed by atoms with Gasteiger partial charge < -0.3 is 23.8 Å². The maximum absolute atomic E-state index is 13.1. The Morgan fingerprint density at radius 1 is 1.14 bits per heavy atom. The number of carbonyl (C=O) groups is 1. The molecule has 0 saturated carbocycles. The van der Waals surface area contributed by atoms with Gasteiger partial charge in [0.1, 0.15) is 16.9 Å². The quantitative estimate of drug-likeness (QED) is 0.731. The fourth-order valence-corrected chi connectivity index (χ4v) is 3.41. The fourth-order valence-electron chi connectivity index (χ4n) is 3.24. The van der Waals surface area contributed by atoms with E-state index in [0.717, 1.165) is 12.8 Å². The van der Waals surface area contributed by atoms with Crippen LogP contribution in [0.4, 0.5) is 0 Å². The van der Waals surface area contributed by atoms with Crippen LogP contribution in [-0.2, 0) is 0 Å². The molecule has 1 aliphatic rings. The monoisotopic (exact) mass is 406 g/mol. The zero-order chi connectivity index (χ0) is 20.1. The zero-order valence-corrected chi connectivity index (χ0v) is 16.9. The van der Waals surface area contributed by atoms with Crippen molar-refractivity contribution in [1.82, 2.24) is 9.88 Å². The highest BCUT2D eigenvalue weighted by Gasteiger charge is 2.27. The van der Waals surface area contributed by atoms with E-state index in [-0.39, 0.29) is 12.0 Å². The minimum absolute atomic E-state index is 0.117. The van der Waals surface area contributed by atoms with Crippen molar-refractivity contribution in [2.45, 2.75) is 18.9 Å². The number of benzene rings is 1. The van der Waals surface area contributed by atoms with Crippen molar-refractivity contribution in [1.29, 1.82) is 0 Å². The van der Waals surface area contributed by atoms with Crippen molar-refractivity contribution in [3.05, 3.63) is 41.2 Å².